The van der Waals surface area contributed by atoms with Crippen molar-refractivity contribution in [2.24, 2.45) is 5.92 Å². The highest BCUT2D eigenvalue weighted by molar-refractivity contribution is 5.69. The van der Waals surface area contributed by atoms with Crippen LogP contribution in [-0.4, -0.2) is 24.3 Å². The first-order valence-corrected chi connectivity index (χ1v) is 4.99. The van der Waals surface area contributed by atoms with Gasteiger partial charge in [-0.05, 0) is 25.2 Å². The minimum atomic E-state index is -0.196. The van der Waals surface area contributed by atoms with E-state index in [-0.39, 0.29) is 12.1 Å². The largest absolute Gasteiger partial charge is 0.469 e. The maximum atomic E-state index is 10.9. The third-order valence-electron chi connectivity index (χ3n) is 2.82. The minimum Gasteiger partial charge on any atom is -0.469 e. The van der Waals surface area contributed by atoms with E-state index in [0.29, 0.717) is 12.3 Å². The highest BCUT2D eigenvalue weighted by atomic mass is 16.5. The molecule has 1 fully saturated rings. The normalized spacial score (nSPS) is 28.5. The Balaban J connectivity index is 2.22. The third kappa shape index (κ3) is 3.35. The Morgan fingerprint density at radius 3 is 2.77 bits per heavy atom. The summed E-state index contributed by atoms with van der Waals surface area (Å²) in [6.45, 7) is 0. The van der Waals surface area contributed by atoms with Crippen molar-refractivity contribution in [1.82, 2.24) is 0 Å². The van der Waals surface area contributed by atoms with Crippen LogP contribution in [0.5, 0.6) is 0 Å². The lowest BCUT2D eigenvalue weighted by molar-refractivity contribution is -0.141. The highest BCUT2D eigenvalue weighted by Gasteiger charge is 2.23. The molecule has 0 heterocycles. The molecule has 0 aromatic carbocycles. The molecule has 1 N–H and O–H groups in total. The van der Waals surface area contributed by atoms with Crippen molar-refractivity contribution >= 4 is 5.97 Å². The summed E-state index contributed by atoms with van der Waals surface area (Å²) in [6.07, 6.45) is 5.27. The molecule has 0 aliphatic heterocycles. The summed E-state index contributed by atoms with van der Waals surface area (Å²) in [6, 6.07) is 0. The van der Waals surface area contributed by atoms with Gasteiger partial charge in [0.05, 0.1) is 13.2 Å². The Kier molecular flexibility index (Phi) is 4.22. The molecule has 0 aromatic heterocycles. The number of carbonyl (C=O) groups excluding carboxylic acids is 1. The molecule has 0 amide bonds. The SMILES string of the molecule is COC(=O)CC[C@H]1CCCC[C@H]1O. The molecular weight excluding hydrogens is 168 g/mol. The lowest BCUT2D eigenvalue weighted by Crippen LogP contribution is -2.25. The smallest absolute Gasteiger partial charge is 0.305 e. The van der Waals surface area contributed by atoms with Gasteiger partial charge in [0.25, 0.3) is 0 Å². The fraction of sp³-hybridized carbons (Fsp3) is 0.900. The van der Waals surface area contributed by atoms with Crippen LogP contribution in [0.15, 0.2) is 0 Å². The summed E-state index contributed by atoms with van der Waals surface area (Å²) in [4.78, 5) is 10.9. The summed E-state index contributed by atoms with van der Waals surface area (Å²) in [5.41, 5.74) is 0. The zero-order valence-electron chi connectivity index (χ0n) is 8.16. The number of esters is 1. The number of carbonyl (C=O) groups is 1. The van der Waals surface area contributed by atoms with Crippen LogP contribution in [0.4, 0.5) is 0 Å². The Bertz CT molecular complexity index is 168. The molecular formula is C10H18O3. The van der Waals surface area contributed by atoms with E-state index in [9.17, 15) is 9.90 Å². The Morgan fingerprint density at radius 1 is 1.46 bits per heavy atom. The first-order valence-electron chi connectivity index (χ1n) is 4.99. The van der Waals surface area contributed by atoms with Gasteiger partial charge in [0.1, 0.15) is 0 Å². The van der Waals surface area contributed by atoms with E-state index in [1.807, 2.05) is 0 Å². The van der Waals surface area contributed by atoms with Crippen molar-refractivity contribution in [2.75, 3.05) is 7.11 Å². The molecule has 1 saturated carbocycles. The van der Waals surface area contributed by atoms with Crippen molar-refractivity contribution in [3.05, 3.63) is 0 Å². The van der Waals surface area contributed by atoms with Gasteiger partial charge in [-0.2, -0.15) is 0 Å². The standard InChI is InChI=1S/C10H18O3/c1-13-10(12)7-6-8-4-2-3-5-9(8)11/h8-9,11H,2-7H2,1H3/t8-,9-/m1/s1. The lowest BCUT2D eigenvalue weighted by Gasteiger charge is -2.26. The fourth-order valence-electron chi connectivity index (χ4n) is 1.93. The molecule has 2 atom stereocenters. The quantitative estimate of drug-likeness (QED) is 0.679. The zero-order valence-corrected chi connectivity index (χ0v) is 8.16. The van der Waals surface area contributed by atoms with Crippen LogP contribution in [0.3, 0.4) is 0 Å². The van der Waals surface area contributed by atoms with E-state index in [0.717, 1.165) is 25.7 Å². The molecule has 3 heteroatoms. The third-order valence-corrected chi connectivity index (χ3v) is 2.82. The molecule has 13 heavy (non-hydrogen) atoms. The van der Waals surface area contributed by atoms with Crippen LogP contribution in [0.1, 0.15) is 38.5 Å². The summed E-state index contributed by atoms with van der Waals surface area (Å²) in [5, 5.41) is 9.60. The van der Waals surface area contributed by atoms with Crippen LogP contribution in [0, 0.1) is 5.92 Å². The van der Waals surface area contributed by atoms with E-state index >= 15 is 0 Å². The van der Waals surface area contributed by atoms with Crippen LogP contribution >= 0.6 is 0 Å². The van der Waals surface area contributed by atoms with E-state index in [1.165, 1.54) is 13.5 Å². The maximum Gasteiger partial charge on any atom is 0.305 e. The van der Waals surface area contributed by atoms with E-state index in [1.54, 1.807) is 0 Å². The average molecular weight is 186 g/mol. The van der Waals surface area contributed by atoms with Crippen molar-refractivity contribution in [1.29, 1.82) is 0 Å². The van der Waals surface area contributed by atoms with Crippen LogP contribution < -0.4 is 0 Å². The Hall–Kier alpha value is -0.570. The molecule has 1 rings (SSSR count). The van der Waals surface area contributed by atoms with Gasteiger partial charge in [-0.25, -0.2) is 0 Å². The highest BCUT2D eigenvalue weighted by Crippen LogP contribution is 2.27. The van der Waals surface area contributed by atoms with Gasteiger partial charge in [-0.3, -0.25) is 4.79 Å². The van der Waals surface area contributed by atoms with E-state index in [2.05, 4.69) is 4.74 Å². The summed E-state index contributed by atoms with van der Waals surface area (Å²) in [5.74, 6) is 0.144. The van der Waals surface area contributed by atoms with Crippen molar-refractivity contribution in [2.45, 2.75) is 44.6 Å². The first kappa shape index (κ1) is 10.5. The Morgan fingerprint density at radius 2 is 2.15 bits per heavy atom. The number of aliphatic hydroxyl groups is 1. The van der Waals surface area contributed by atoms with E-state index < -0.39 is 0 Å². The molecule has 3 nitrogen and oxygen atoms in total. The summed E-state index contributed by atoms with van der Waals surface area (Å²) < 4.78 is 4.56. The lowest BCUT2D eigenvalue weighted by atomic mass is 9.84. The summed E-state index contributed by atoms with van der Waals surface area (Å²) >= 11 is 0. The van der Waals surface area contributed by atoms with Crippen LogP contribution in [0.2, 0.25) is 0 Å². The molecule has 0 saturated heterocycles. The fourth-order valence-corrected chi connectivity index (χ4v) is 1.93. The molecule has 1 aliphatic carbocycles. The topological polar surface area (TPSA) is 46.5 Å². The first-order chi connectivity index (χ1) is 6.24. The van der Waals surface area contributed by atoms with Crippen molar-refractivity contribution in [3.63, 3.8) is 0 Å². The molecule has 0 aromatic rings. The van der Waals surface area contributed by atoms with Gasteiger partial charge >= 0.3 is 5.97 Å². The number of methoxy groups -OCH3 is 1. The minimum absolute atomic E-state index is 0.169. The second-order valence-electron chi connectivity index (χ2n) is 3.73. The zero-order chi connectivity index (χ0) is 9.68. The van der Waals surface area contributed by atoms with Gasteiger partial charge in [-0.15, -0.1) is 0 Å². The predicted molar refractivity (Wildman–Crippen MR) is 49.2 cm³/mol. The van der Waals surface area contributed by atoms with Crippen LogP contribution in [-0.2, 0) is 9.53 Å². The predicted octanol–water partition coefficient (Wildman–Crippen LogP) is 1.49. The van der Waals surface area contributed by atoms with Gasteiger partial charge in [0.15, 0.2) is 0 Å². The molecule has 0 unspecified atom stereocenters. The Labute approximate surface area is 79.1 Å². The molecule has 0 radical (unpaired) electrons. The second kappa shape index (κ2) is 5.22. The summed E-state index contributed by atoms with van der Waals surface area (Å²) in [7, 11) is 1.40. The van der Waals surface area contributed by atoms with Gasteiger partial charge in [-0.1, -0.05) is 12.8 Å². The number of ether oxygens (including phenoxy) is 1. The van der Waals surface area contributed by atoms with Gasteiger partial charge < -0.3 is 9.84 Å². The van der Waals surface area contributed by atoms with Crippen molar-refractivity contribution < 1.29 is 14.6 Å². The number of hydrogen-bond acceptors (Lipinski definition) is 3. The molecule has 76 valence electrons. The number of hydrogen-bond donors (Lipinski definition) is 1. The molecule has 0 bridgehead atoms. The molecule has 0 spiro atoms. The van der Waals surface area contributed by atoms with Crippen molar-refractivity contribution in [3.8, 4) is 0 Å². The maximum absolute atomic E-state index is 10.9. The molecule has 1 aliphatic rings. The van der Waals surface area contributed by atoms with Crippen LogP contribution in [0.25, 0.3) is 0 Å². The monoisotopic (exact) mass is 186 g/mol. The average Bonchev–Trinajstić information content (AvgIpc) is 2.16. The number of aliphatic hydroxyl groups excluding tert-OH is 1. The van der Waals surface area contributed by atoms with E-state index in [4.69, 9.17) is 0 Å². The number of rotatable bonds is 3. The van der Waals surface area contributed by atoms with Gasteiger partial charge in [0.2, 0.25) is 0 Å². The second-order valence-corrected chi connectivity index (χ2v) is 3.73. The van der Waals surface area contributed by atoms with Gasteiger partial charge in [0, 0.05) is 6.42 Å².